The Morgan fingerprint density at radius 1 is 1.30 bits per heavy atom. The van der Waals surface area contributed by atoms with Crippen LogP contribution in [0.25, 0.3) is 0 Å². The lowest BCUT2D eigenvalue weighted by atomic mass is 10.1. The second-order valence-corrected chi connectivity index (χ2v) is 6.09. The summed E-state index contributed by atoms with van der Waals surface area (Å²) < 4.78 is 6.65. The summed E-state index contributed by atoms with van der Waals surface area (Å²) in [4.78, 5) is 14.5. The first-order valence-corrected chi connectivity index (χ1v) is 8.11. The fraction of sp³-hybridized carbons (Fsp3) is 0.562. The van der Waals surface area contributed by atoms with Gasteiger partial charge in [-0.25, -0.2) is 0 Å². The summed E-state index contributed by atoms with van der Waals surface area (Å²) >= 11 is 3.38. The predicted molar refractivity (Wildman–Crippen MR) is 84.2 cm³/mol. The summed E-state index contributed by atoms with van der Waals surface area (Å²) in [7, 11) is 0. The van der Waals surface area contributed by atoms with E-state index in [1.54, 1.807) is 0 Å². The minimum absolute atomic E-state index is 0.226. The lowest BCUT2D eigenvalue weighted by Crippen LogP contribution is -2.38. The molecule has 1 saturated heterocycles. The first-order valence-electron chi connectivity index (χ1n) is 7.31. The number of hydrogen-bond acceptors (Lipinski definition) is 3. The van der Waals surface area contributed by atoms with Crippen LogP contribution in [0.15, 0.2) is 28.7 Å². The molecule has 3 nitrogen and oxygen atoms in total. The number of carbonyl (C=O) groups excluding carboxylic acids is 1. The van der Waals surface area contributed by atoms with Crippen molar-refractivity contribution in [3.63, 3.8) is 0 Å². The number of benzene rings is 1. The Bertz CT molecular complexity index is 425. The molecular formula is C16H22BrNO2. The number of hydrogen-bond donors (Lipinski definition) is 0. The molecule has 1 aliphatic heterocycles. The van der Waals surface area contributed by atoms with E-state index in [1.165, 1.54) is 0 Å². The Morgan fingerprint density at radius 2 is 1.95 bits per heavy atom. The third-order valence-electron chi connectivity index (χ3n) is 3.76. The van der Waals surface area contributed by atoms with Crippen LogP contribution < -0.4 is 0 Å². The highest BCUT2D eigenvalue weighted by molar-refractivity contribution is 9.10. The van der Waals surface area contributed by atoms with Crippen molar-refractivity contribution in [3.05, 3.63) is 34.3 Å². The van der Waals surface area contributed by atoms with Gasteiger partial charge in [-0.05, 0) is 31.9 Å². The van der Waals surface area contributed by atoms with E-state index in [1.807, 2.05) is 31.2 Å². The largest absolute Gasteiger partial charge is 0.378 e. The van der Waals surface area contributed by atoms with Gasteiger partial charge in [0.2, 0.25) is 0 Å². The molecule has 1 fully saturated rings. The summed E-state index contributed by atoms with van der Waals surface area (Å²) in [5.74, 6) is 0.226. The molecule has 1 aliphatic rings. The van der Waals surface area contributed by atoms with Crippen molar-refractivity contribution in [2.45, 2.75) is 32.3 Å². The van der Waals surface area contributed by atoms with E-state index >= 15 is 0 Å². The van der Waals surface area contributed by atoms with Gasteiger partial charge in [0.1, 0.15) is 0 Å². The third-order valence-corrected chi connectivity index (χ3v) is 4.29. The Morgan fingerprint density at radius 3 is 2.55 bits per heavy atom. The molecule has 0 aromatic heterocycles. The maximum absolute atomic E-state index is 12.1. The second-order valence-electron chi connectivity index (χ2n) is 5.18. The SMILES string of the molecule is CCOC1CCN(CCC(=O)c2ccc(Br)cc2)CC1. The first-order chi connectivity index (χ1) is 9.69. The number of carbonyl (C=O) groups is 1. The zero-order chi connectivity index (χ0) is 14.4. The second kappa shape index (κ2) is 7.91. The van der Waals surface area contributed by atoms with Crippen molar-refractivity contribution >= 4 is 21.7 Å². The van der Waals surface area contributed by atoms with Gasteiger partial charge >= 0.3 is 0 Å². The van der Waals surface area contributed by atoms with Crippen molar-refractivity contribution < 1.29 is 9.53 Å². The molecule has 0 aliphatic carbocycles. The van der Waals surface area contributed by atoms with Crippen LogP contribution in [0.2, 0.25) is 0 Å². The average Bonchev–Trinajstić information content (AvgIpc) is 2.47. The molecule has 1 aromatic rings. The number of likely N-dealkylation sites (tertiary alicyclic amines) is 1. The summed E-state index contributed by atoms with van der Waals surface area (Å²) in [6, 6.07) is 7.60. The molecule has 20 heavy (non-hydrogen) atoms. The van der Waals surface area contributed by atoms with Gasteiger partial charge < -0.3 is 9.64 Å². The highest BCUT2D eigenvalue weighted by Gasteiger charge is 2.19. The molecule has 2 rings (SSSR count). The Kier molecular flexibility index (Phi) is 6.20. The molecule has 0 amide bonds. The minimum Gasteiger partial charge on any atom is -0.378 e. The summed E-state index contributed by atoms with van der Waals surface area (Å²) in [5, 5.41) is 0. The van der Waals surface area contributed by atoms with Crippen LogP contribution in [0.3, 0.4) is 0 Å². The third kappa shape index (κ3) is 4.69. The van der Waals surface area contributed by atoms with Gasteiger partial charge in [-0.2, -0.15) is 0 Å². The fourth-order valence-electron chi connectivity index (χ4n) is 2.58. The minimum atomic E-state index is 0.226. The zero-order valence-electron chi connectivity index (χ0n) is 12.0. The maximum Gasteiger partial charge on any atom is 0.164 e. The summed E-state index contributed by atoms with van der Waals surface area (Å²) in [5.41, 5.74) is 0.803. The number of ketones is 1. The molecule has 0 unspecified atom stereocenters. The molecule has 0 N–H and O–H groups in total. The predicted octanol–water partition coefficient (Wildman–Crippen LogP) is 3.52. The van der Waals surface area contributed by atoms with E-state index in [0.717, 1.165) is 49.1 Å². The van der Waals surface area contributed by atoms with Crippen molar-refractivity contribution in [1.82, 2.24) is 4.90 Å². The van der Waals surface area contributed by atoms with Gasteiger partial charge in [-0.3, -0.25) is 4.79 Å². The zero-order valence-corrected chi connectivity index (χ0v) is 13.6. The van der Waals surface area contributed by atoms with Crippen LogP contribution in [0.5, 0.6) is 0 Å². The lowest BCUT2D eigenvalue weighted by molar-refractivity contribution is 0.0143. The van der Waals surface area contributed by atoms with Crippen molar-refractivity contribution in [2.24, 2.45) is 0 Å². The Hall–Kier alpha value is -0.710. The van der Waals surface area contributed by atoms with Gasteiger partial charge in [0, 0.05) is 42.7 Å². The summed E-state index contributed by atoms with van der Waals surface area (Å²) in [6.45, 7) is 5.78. The Balaban J connectivity index is 1.73. The molecular weight excluding hydrogens is 318 g/mol. The van der Waals surface area contributed by atoms with E-state index in [9.17, 15) is 4.79 Å². The highest BCUT2D eigenvalue weighted by Crippen LogP contribution is 2.15. The number of piperidine rings is 1. The van der Waals surface area contributed by atoms with Crippen LogP contribution >= 0.6 is 15.9 Å². The van der Waals surface area contributed by atoms with Crippen LogP contribution in [0, 0.1) is 0 Å². The molecule has 0 radical (unpaired) electrons. The van der Waals surface area contributed by atoms with E-state index < -0.39 is 0 Å². The van der Waals surface area contributed by atoms with Gasteiger partial charge in [0.25, 0.3) is 0 Å². The van der Waals surface area contributed by atoms with Gasteiger partial charge in [-0.15, -0.1) is 0 Å². The van der Waals surface area contributed by atoms with E-state index in [4.69, 9.17) is 4.74 Å². The standard InChI is InChI=1S/C16H22BrNO2/c1-2-20-15-7-10-18(11-8-15)12-9-16(19)13-3-5-14(17)6-4-13/h3-6,15H,2,7-12H2,1H3. The molecule has 0 saturated carbocycles. The first kappa shape index (κ1) is 15.7. The van der Waals surface area contributed by atoms with Crippen LogP contribution in [0.1, 0.15) is 36.5 Å². The highest BCUT2D eigenvalue weighted by atomic mass is 79.9. The molecule has 110 valence electrons. The number of Topliss-reactive ketones (excluding diaryl/α,β-unsaturated/α-hetero) is 1. The smallest absolute Gasteiger partial charge is 0.164 e. The number of nitrogens with zero attached hydrogens (tertiary/aromatic N) is 1. The fourth-order valence-corrected chi connectivity index (χ4v) is 2.84. The van der Waals surface area contributed by atoms with Crippen molar-refractivity contribution in [1.29, 1.82) is 0 Å². The molecule has 1 heterocycles. The number of halogens is 1. The lowest BCUT2D eigenvalue weighted by Gasteiger charge is -2.31. The quantitative estimate of drug-likeness (QED) is 0.742. The van der Waals surface area contributed by atoms with E-state index in [2.05, 4.69) is 20.8 Å². The van der Waals surface area contributed by atoms with Gasteiger partial charge in [-0.1, -0.05) is 28.1 Å². The van der Waals surface area contributed by atoms with Crippen LogP contribution in [0.4, 0.5) is 0 Å². The molecule has 0 spiro atoms. The average molecular weight is 340 g/mol. The molecule has 0 atom stereocenters. The summed E-state index contributed by atoms with van der Waals surface area (Å²) in [6.07, 6.45) is 3.18. The van der Waals surface area contributed by atoms with Crippen molar-refractivity contribution in [2.75, 3.05) is 26.2 Å². The monoisotopic (exact) mass is 339 g/mol. The molecule has 1 aromatic carbocycles. The van der Waals surface area contributed by atoms with E-state index in [0.29, 0.717) is 12.5 Å². The Labute approximate surface area is 129 Å². The number of rotatable bonds is 6. The van der Waals surface area contributed by atoms with Gasteiger partial charge in [0.05, 0.1) is 6.10 Å². The number of ether oxygens (including phenoxy) is 1. The van der Waals surface area contributed by atoms with E-state index in [-0.39, 0.29) is 5.78 Å². The molecule has 4 heteroatoms. The normalized spacial score (nSPS) is 17.3. The van der Waals surface area contributed by atoms with Crippen LogP contribution in [-0.4, -0.2) is 43.0 Å². The van der Waals surface area contributed by atoms with Crippen LogP contribution in [-0.2, 0) is 4.74 Å². The molecule has 0 bridgehead atoms. The maximum atomic E-state index is 12.1. The van der Waals surface area contributed by atoms with Crippen molar-refractivity contribution in [3.8, 4) is 0 Å². The van der Waals surface area contributed by atoms with Gasteiger partial charge in [0.15, 0.2) is 5.78 Å². The topological polar surface area (TPSA) is 29.5 Å².